The van der Waals surface area contributed by atoms with Gasteiger partial charge in [-0.1, -0.05) is 11.6 Å². The molecule has 1 heterocycles. The van der Waals surface area contributed by atoms with E-state index in [0.717, 1.165) is 10.2 Å². The fourth-order valence-corrected chi connectivity index (χ4v) is 2.20. The highest BCUT2D eigenvalue weighted by Gasteiger charge is 2.10. The minimum Gasteiger partial charge on any atom is -0.328 e. The third-order valence-corrected chi connectivity index (χ3v) is 3.03. The molecule has 0 fully saturated rings. The predicted molar refractivity (Wildman–Crippen MR) is 71.4 cm³/mol. The largest absolute Gasteiger partial charge is 0.328 e. The lowest BCUT2D eigenvalue weighted by Gasteiger charge is -2.19. The summed E-state index contributed by atoms with van der Waals surface area (Å²) in [5.41, 5.74) is 0.822. The third kappa shape index (κ3) is 2.76. The molecule has 0 spiro atoms. The molecule has 0 aliphatic rings. The summed E-state index contributed by atoms with van der Waals surface area (Å²) in [6.07, 6.45) is 1.67. The Morgan fingerprint density at radius 3 is 2.53 bits per heavy atom. The molecule has 88 valence electrons. The molecule has 0 radical (unpaired) electrons. The lowest BCUT2D eigenvalue weighted by Crippen LogP contribution is -2.11. The zero-order chi connectivity index (χ0) is 12.4. The van der Waals surface area contributed by atoms with Crippen LogP contribution in [0.3, 0.4) is 0 Å². The summed E-state index contributed by atoms with van der Waals surface area (Å²) in [7, 11) is 1.83. The number of rotatable bonds is 2. The van der Waals surface area contributed by atoms with Crippen LogP contribution in [0.1, 0.15) is 0 Å². The Balaban J connectivity index is 2.36. The summed E-state index contributed by atoms with van der Waals surface area (Å²) in [6.45, 7) is 0. The van der Waals surface area contributed by atoms with Crippen LogP contribution >= 0.6 is 27.5 Å². The van der Waals surface area contributed by atoms with Gasteiger partial charge in [-0.15, -0.1) is 0 Å². The summed E-state index contributed by atoms with van der Waals surface area (Å²) in [4.78, 5) is 6.03. The number of hydrogen-bond donors (Lipinski definition) is 0. The van der Waals surface area contributed by atoms with Crippen LogP contribution in [0.25, 0.3) is 0 Å². The molecular weight excluding hydrogens is 307 g/mol. The van der Waals surface area contributed by atoms with Crippen molar-refractivity contribution in [2.24, 2.45) is 0 Å². The van der Waals surface area contributed by atoms with Gasteiger partial charge in [0.2, 0.25) is 0 Å². The van der Waals surface area contributed by atoms with Gasteiger partial charge in [0.25, 0.3) is 0 Å². The number of halogens is 3. The van der Waals surface area contributed by atoms with Gasteiger partial charge in [-0.25, -0.2) is 9.37 Å². The van der Waals surface area contributed by atoms with Gasteiger partial charge in [0.15, 0.2) is 5.82 Å². The topological polar surface area (TPSA) is 16.1 Å². The SMILES string of the molecule is CN(c1ccc(F)cc1)c1ncc(Br)cc1Cl. The summed E-state index contributed by atoms with van der Waals surface area (Å²) in [6, 6.07) is 7.92. The van der Waals surface area contributed by atoms with Crippen molar-refractivity contribution in [2.45, 2.75) is 0 Å². The van der Waals surface area contributed by atoms with Crippen LogP contribution in [0.5, 0.6) is 0 Å². The molecular formula is C12H9BrClFN2. The van der Waals surface area contributed by atoms with Gasteiger partial charge in [0.05, 0.1) is 5.02 Å². The molecule has 2 nitrogen and oxygen atoms in total. The number of anilines is 2. The minimum atomic E-state index is -0.267. The average molecular weight is 316 g/mol. The van der Waals surface area contributed by atoms with E-state index < -0.39 is 0 Å². The van der Waals surface area contributed by atoms with E-state index >= 15 is 0 Å². The van der Waals surface area contributed by atoms with Crippen molar-refractivity contribution in [1.29, 1.82) is 0 Å². The standard InChI is InChI=1S/C12H9BrClFN2/c1-17(10-4-2-9(15)3-5-10)12-11(14)6-8(13)7-16-12/h2-7H,1H3. The van der Waals surface area contributed by atoms with Crippen molar-refractivity contribution in [3.8, 4) is 0 Å². The van der Waals surface area contributed by atoms with Crippen LogP contribution in [0.4, 0.5) is 15.9 Å². The Bertz CT molecular complexity index is 531. The molecule has 0 amide bonds. The highest BCUT2D eigenvalue weighted by molar-refractivity contribution is 9.10. The maximum Gasteiger partial charge on any atom is 0.151 e. The summed E-state index contributed by atoms with van der Waals surface area (Å²) >= 11 is 9.39. The van der Waals surface area contributed by atoms with E-state index in [-0.39, 0.29) is 5.82 Å². The van der Waals surface area contributed by atoms with E-state index in [9.17, 15) is 4.39 Å². The highest BCUT2D eigenvalue weighted by Crippen LogP contribution is 2.30. The second-order valence-electron chi connectivity index (χ2n) is 3.49. The molecule has 0 atom stereocenters. The normalized spacial score (nSPS) is 10.4. The van der Waals surface area contributed by atoms with E-state index in [1.807, 2.05) is 7.05 Å². The fraction of sp³-hybridized carbons (Fsp3) is 0.0833. The second kappa shape index (κ2) is 5.02. The maximum atomic E-state index is 12.8. The molecule has 1 aromatic heterocycles. The monoisotopic (exact) mass is 314 g/mol. The van der Waals surface area contributed by atoms with Gasteiger partial charge >= 0.3 is 0 Å². The van der Waals surface area contributed by atoms with Crippen LogP contribution in [0, 0.1) is 5.82 Å². The van der Waals surface area contributed by atoms with Crippen molar-refractivity contribution in [2.75, 3.05) is 11.9 Å². The second-order valence-corrected chi connectivity index (χ2v) is 4.82. The minimum absolute atomic E-state index is 0.267. The van der Waals surface area contributed by atoms with Crippen molar-refractivity contribution in [3.05, 3.63) is 51.8 Å². The Labute approximate surface area is 112 Å². The van der Waals surface area contributed by atoms with E-state index in [1.165, 1.54) is 12.1 Å². The molecule has 0 saturated heterocycles. The Hall–Kier alpha value is -1.13. The number of aromatic nitrogens is 1. The summed E-state index contributed by atoms with van der Waals surface area (Å²) < 4.78 is 13.6. The maximum absolute atomic E-state index is 12.8. The quantitative estimate of drug-likeness (QED) is 0.816. The van der Waals surface area contributed by atoms with Crippen LogP contribution in [-0.4, -0.2) is 12.0 Å². The average Bonchev–Trinajstić information content (AvgIpc) is 2.29. The van der Waals surface area contributed by atoms with Gasteiger partial charge < -0.3 is 4.90 Å². The Kier molecular flexibility index (Phi) is 3.64. The van der Waals surface area contributed by atoms with E-state index in [2.05, 4.69) is 20.9 Å². The van der Waals surface area contributed by atoms with Gasteiger partial charge in [-0.3, -0.25) is 0 Å². The van der Waals surface area contributed by atoms with Crippen molar-refractivity contribution in [1.82, 2.24) is 4.98 Å². The molecule has 0 N–H and O–H groups in total. The smallest absolute Gasteiger partial charge is 0.151 e. The van der Waals surface area contributed by atoms with Gasteiger partial charge in [0.1, 0.15) is 5.82 Å². The number of hydrogen-bond acceptors (Lipinski definition) is 2. The molecule has 0 aliphatic heterocycles. The Morgan fingerprint density at radius 1 is 1.29 bits per heavy atom. The van der Waals surface area contributed by atoms with Crippen LogP contribution < -0.4 is 4.90 Å². The summed E-state index contributed by atoms with van der Waals surface area (Å²) in [5.74, 6) is 0.360. The lowest BCUT2D eigenvalue weighted by atomic mass is 10.3. The van der Waals surface area contributed by atoms with Gasteiger partial charge in [-0.05, 0) is 46.3 Å². The van der Waals surface area contributed by atoms with E-state index in [0.29, 0.717) is 10.8 Å². The third-order valence-electron chi connectivity index (χ3n) is 2.32. The first-order chi connectivity index (χ1) is 8.08. The molecule has 0 unspecified atom stereocenters. The van der Waals surface area contributed by atoms with Gasteiger partial charge in [0, 0.05) is 23.4 Å². The highest BCUT2D eigenvalue weighted by atomic mass is 79.9. The molecule has 5 heteroatoms. The number of benzene rings is 1. The van der Waals surface area contributed by atoms with Crippen molar-refractivity contribution >= 4 is 39.0 Å². The first kappa shape index (κ1) is 12.3. The fourth-order valence-electron chi connectivity index (χ4n) is 1.44. The van der Waals surface area contributed by atoms with Crippen molar-refractivity contribution in [3.63, 3.8) is 0 Å². The Morgan fingerprint density at radius 2 is 1.94 bits per heavy atom. The predicted octanol–water partition coefficient (Wildman–Crippen LogP) is 4.40. The number of pyridine rings is 1. The molecule has 17 heavy (non-hydrogen) atoms. The zero-order valence-electron chi connectivity index (χ0n) is 8.99. The number of nitrogens with zero attached hydrogens (tertiary/aromatic N) is 2. The van der Waals surface area contributed by atoms with E-state index in [1.54, 1.807) is 29.3 Å². The first-order valence-corrected chi connectivity index (χ1v) is 6.05. The van der Waals surface area contributed by atoms with Gasteiger partial charge in [-0.2, -0.15) is 0 Å². The molecule has 1 aromatic carbocycles. The first-order valence-electron chi connectivity index (χ1n) is 4.88. The van der Waals surface area contributed by atoms with Crippen LogP contribution in [0.15, 0.2) is 41.0 Å². The zero-order valence-corrected chi connectivity index (χ0v) is 11.3. The molecule has 2 rings (SSSR count). The molecule has 0 bridgehead atoms. The molecule has 0 saturated carbocycles. The lowest BCUT2D eigenvalue weighted by molar-refractivity contribution is 0.628. The van der Waals surface area contributed by atoms with Crippen LogP contribution in [-0.2, 0) is 0 Å². The van der Waals surface area contributed by atoms with Crippen LogP contribution in [0.2, 0.25) is 5.02 Å². The van der Waals surface area contributed by atoms with Crippen molar-refractivity contribution < 1.29 is 4.39 Å². The molecule has 2 aromatic rings. The van der Waals surface area contributed by atoms with E-state index in [4.69, 9.17) is 11.6 Å². The summed E-state index contributed by atoms with van der Waals surface area (Å²) in [5, 5.41) is 0.534. The molecule has 0 aliphatic carbocycles.